The van der Waals surface area contributed by atoms with Crippen molar-refractivity contribution in [1.82, 2.24) is 5.32 Å². The third-order valence-corrected chi connectivity index (χ3v) is 4.28. The van der Waals surface area contributed by atoms with E-state index in [9.17, 15) is 0 Å². The number of hydrogen-bond acceptors (Lipinski definition) is 1. The van der Waals surface area contributed by atoms with Crippen LogP contribution in [0.2, 0.25) is 0 Å². The van der Waals surface area contributed by atoms with Gasteiger partial charge in [-0.2, -0.15) is 0 Å². The molecule has 1 aliphatic heterocycles. The van der Waals surface area contributed by atoms with Gasteiger partial charge in [-0.1, -0.05) is 37.6 Å². The fraction of sp³-hybridized carbons (Fsp3) is 0.571. The fourth-order valence-corrected chi connectivity index (χ4v) is 3.47. The third-order valence-electron chi connectivity index (χ3n) is 4.28. The predicted octanol–water partition coefficient (Wildman–Crippen LogP) is 2.92. The average Bonchev–Trinajstić information content (AvgIpc) is 2.67. The number of hydrogen-bond donors (Lipinski definition) is 1. The molecule has 1 heterocycles. The molecule has 0 bridgehead atoms. The molecule has 1 aromatic rings. The average molecular weight is 201 g/mol. The van der Waals surface area contributed by atoms with Crippen LogP contribution in [0, 0.1) is 11.8 Å². The van der Waals surface area contributed by atoms with Crippen LogP contribution in [0.5, 0.6) is 0 Å². The molecule has 0 amide bonds. The first-order valence-corrected chi connectivity index (χ1v) is 6.21. The van der Waals surface area contributed by atoms with Gasteiger partial charge < -0.3 is 5.32 Å². The van der Waals surface area contributed by atoms with Crippen molar-refractivity contribution in [1.29, 1.82) is 0 Å². The lowest BCUT2D eigenvalue weighted by Crippen LogP contribution is -2.37. The molecule has 1 aromatic carbocycles. The summed E-state index contributed by atoms with van der Waals surface area (Å²) in [5, 5.41) is 3.70. The van der Waals surface area contributed by atoms with Crippen molar-refractivity contribution in [2.45, 2.75) is 32.2 Å². The molecule has 2 aliphatic rings. The van der Waals surface area contributed by atoms with Crippen molar-refractivity contribution in [3.05, 3.63) is 35.4 Å². The van der Waals surface area contributed by atoms with Gasteiger partial charge in [0.05, 0.1) is 0 Å². The molecule has 1 saturated heterocycles. The third kappa shape index (κ3) is 1.41. The maximum atomic E-state index is 3.70. The highest BCUT2D eigenvalue weighted by Gasteiger charge is 2.38. The molecule has 3 rings (SSSR count). The lowest BCUT2D eigenvalue weighted by Gasteiger charge is -2.34. The van der Waals surface area contributed by atoms with Crippen LogP contribution < -0.4 is 5.32 Å². The van der Waals surface area contributed by atoms with E-state index in [2.05, 4.69) is 36.5 Å². The second kappa shape index (κ2) is 3.64. The zero-order valence-electron chi connectivity index (χ0n) is 9.37. The first-order valence-electron chi connectivity index (χ1n) is 6.21. The molecule has 1 unspecified atom stereocenters. The summed E-state index contributed by atoms with van der Waals surface area (Å²) in [7, 11) is 0. The Labute approximate surface area is 91.9 Å². The Kier molecular flexibility index (Phi) is 2.28. The van der Waals surface area contributed by atoms with Crippen molar-refractivity contribution in [2.24, 2.45) is 11.8 Å². The molecular formula is C14H19N. The van der Waals surface area contributed by atoms with Gasteiger partial charge in [-0.05, 0) is 42.3 Å². The van der Waals surface area contributed by atoms with Gasteiger partial charge in [0.1, 0.15) is 0 Å². The van der Waals surface area contributed by atoms with E-state index in [0.29, 0.717) is 6.04 Å². The lowest BCUT2D eigenvalue weighted by atomic mass is 9.80. The van der Waals surface area contributed by atoms with Gasteiger partial charge in [0.15, 0.2) is 0 Å². The van der Waals surface area contributed by atoms with Crippen LogP contribution in [-0.2, 0) is 6.42 Å². The highest BCUT2D eigenvalue weighted by atomic mass is 14.9. The van der Waals surface area contributed by atoms with E-state index in [-0.39, 0.29) is 0 Å². The summed E-state index contributed by atoms with van der Waals surface area (Å²) >= 11 is 0. The Balaban J connectivity index is 1.95. The second-order valence-corrected chi connectivity index (χ2v) is 4.96. The standard InChI is InChI=1S/C14H19N/c1-2-10-7-8-15-14-12-6-4-3-5-11(12)9-13(10)14/h3-6,10,13-15H,2,7-9H2,1H3/t10?,13-,14+/m0/s1. The van der Waals surface area contributed by atoms with Gasteiger partial charge in [-0.15, -0.1) is 0 Å². The minimum absolute atomic E-state index is 0.653. The Hall–Kier alpha value is -0.820. The zero-order valence-corrected chi connectivity index (χ0v) is 9.37. The summed E-state index contributed by atoms with van der Waals surface area (Å²) in [6.45, 7) is 3.55. The van der Waals surface area contributed by atoms with Crippen molar-refractivity contribution >= 4 is 0 Å². The highest BCUT2D eigenvalue weighted by Crippen LogP contribution is 2.44. The van der Waals surface area contributed by atoms with E-state index < -0.39 is 0 Å². The summed E-state index contributed by atoms with van der Waals surface area (Å²) in [5.74, 6) is 1.80. The van der Waals surface area contributed by atoms with Gasteiger partial charge in [0.25, 0.3) is 0 Å². The van der Waals surface area contributed by atoms with Crippen LogP contribution in [0.4, 0.5) is 0 Å². The van der Waals surface area contributed by atoms with Gasteiger partial charge in [0, 0.05) is 6.04 Å². The largest absolute Gasteiger partial charge is 0.310 e. The molecule has 0 spiro atoms. The molecule has 0 saturated carbocycles. The zero-order chi connectivity index (χ0) is 10.3. The van der Waals surface area contributed by atoms with Crippen LogP contribution in [0.25, 0.3) is 0 Å². The van der Waals surface area contributed by atoms with Crippen LogP contribution in [0.3, 0.4) is 0 Å². The molecule has 1 aliphatic carbocycles. The molecule has 3 atom stereocenters. The smallest absolute Gasteiger partial charge is 0.0357 e. The van der Waals surface area contributed by atoms with E-state index in [1.807, 2.05) is 0 Å². The van der Waals surface area contributed by atoms with E-state index in [0.717, 1.165) is 11.8 Å². The molecule has 1 heteroatoms. The minimum Gasteiger partial charge on any atom is -0.310 e. The SMILES string of the molecule is CCC1CCN[C@@H]2c3ccccc3C[C@@H]12. The molecule has 0 aromatic heterocycles. The molecule has 1 fully saturated rings. The Bertz CT molecular complexity index is 358. The summed E-state index contributed by atoms with van der Waals surface area (Å²) in [6, 6.07) is 9.63. The fourth-order valence-electron chi connectivity index (χ4n) is 3.47. The van der Waals surface area contributed by atoms with Crippen molar-refractivity contribution in [2.75, 3.05) is 6.54 Å². The van der Waals surface area contributed by atoms with Gasteiger partial charge in [-0.3, -0.25) is 0 Å². The minimum atomic E-state index is 0.653. The van der Waals surface area contributed by atoms with Gasteiger partial charge >= 0.3 is 0 Å². The predicted molar refractivity (Wildman–Crippen MR) is 62.8 cm³/mol. The lowest BCUT2D eigenvalue weighted by molar-refractivity contribution is 0.200. The van der Waals surface area contributed by atoms with Crippen molar-refractivity contribution < 1.29 is 0 Å². The van der Waals surface area contributed by atoms with E-state index in [1.165, 1.54) is 25.8 Å². The Morgan fingerprint density at radius 2 is 2.20 bits per heavy atom. The highest BCUT2D eigenvalue weighted by molar-refractivity contribution is 5.36. The maximum absolute atomic E-state index is 3.70. The molecule has 80 valence electrons. The topological polar surface area (TPSA) is 12.0 Å². The Morgan fingerprint density at radius 3 is 3.07 bits per heavy atom. The molecule has 1 nitrogen and oxygen atoms in total. The Morgan fingerprint density at radius 1 is 1.33 bits per heavy atom. The summed E-state index contributed by atoms with van der Waals surface area (Å²) in [5.41, 5.74) is 3.15. The van der Waals surface area contributed by atoms with E-state index in [1.54, 1.807) is 11.1 Å². The van der Waals surface area contributed by atoms with Crippen molar-refractivity contribution in [3.8, 4) is 0 Å². The summed E-state index contributed by atoms with van der Waals surface area (Å²) in [6.07, 6.45) is 4.01. The maximum Gasteiger partial charge on any atom is 0.0357 e. The molecule has 1 N–H and O–H groups in total. The number of piperidine rings is 1. The van der Waals surface area contributed by atoms with Crippen LogP contribution in [0.15, 0.2) is 24.3 Å². The summed E-state index contributed by atoms with van der Waals surface area (Å²) in [4.78, 5) is 0. The molecule has 15 heavy (non-hydrogen) atoms. The van der Waals surface area contributed by atoms with Gasteiger partial charge in [-0.25, -0.2) is 0 Å². The van der Waals surface area contributed by atoms with Crippen molar-refractivity contribution in [3.63, 3.8) is 0 Å². The van der Waals surface area contributed by atoms with E-state index in [4.69, 9.17) is 0 Å². The molecule has 0 radical (unpaired) electrons. The first-order chi connectivity index (χ1) is 7.40. The number of fused-ring (bicyclic) bond motifs is 3. The summed E-state index contributed by atoms with van der Waals surface area (Å²) < 4.78 is 0. The number of rotatable bonds is 1. The van der Waals surface area contributed by atoms with E-state index >= 15 is 0 Å². The van der Waals surface area contributed by atoms with Crippen LogP contribution in [0.1, 0.15) is 36.9 Å². The first kappa shape index (κ1) is 9.41. The molecular weight excluding hydrogens is 182 g/mol. The normalized spacial score (nSPS) is 33.5. The second-order valence-electron chi connectivity index (χ2n) is 4.96. The van der Waals surface area contributed by atoms with Crippen LogP contribution in [-0.4, -0.2) is 6.54 Å². The van der Waals surface area contributed by atoms with Gasteiger partial charge in [0.2, 0.25) is 0 Å². The quantitative estimate of drug-likeness (QED) is 0.736. The monoisotopic (exact) mass is 201 g/mol. The number of nitrogens with one attached hydrogen (secondary N) is 1. The number of benzene rings is 1. The van der Waals surface area contributed by atoms with Crippen LogP contribution >= 0.6 is 0 Å².